The minimum absolute atomic E-state index is 0.0916. The van der Waals surface area contributed by atoms with Crippen molar-refractivity contribution in [2.24, 2.45) is 0 Å². The second-order valence-electron chi connectivity index (χ2n) is 9.81. The van der Waals surface area contributed by atoms with Crippen molar-refractivity contribution in [1.29, 1.82) is 0 Å². The van der Waals surface area contributed by atoms with E-state index in [4.69, 9.17) is 4.74 Å². The summed E-state index contributed by atoms with van der Waals surface area (Å²) in [6.45, 7) is -0.258. The number of likely N-dealkylation sites (tertiary alicyclic amines) is 1. The van der Waals surface area contributed by atoms with E-state index in [0.29, 0.717) is 17.1 Å². The minimum Gasteiger partial charge on any atom is -0.497 e. The van der Waals surface area contributed by atoms with Gasteiger partial charge in [0.15, 0.2) is 0 Å². The maximum atomic E-state index is 14.6. The predicted octanol–water partition coefficient (Wildman–Crippen LogP) is 4.68. The summed E-state index contributed by atoms with van der Waals surface area (Å²) in [5.41, 5.74) is 1.10. The first kappa shape index (κ1) is 24.3. The minimum atomic E-state index is -2.87. The molecule has 0 bridgehead atoms. The van der Waals surface area contributed by atoms with Crippen LogP contribution in [0.2, 0.25) is 0 Å². The van der Waals surface area contributed by atoms with Gasteiger partial charge in [0.25, 0.3) is 0 Å². The number of allylic oxidation sites excluding steroid dienone is 1. The van der Waals surface area contributed by atoms with Crippen LogP contribution in [-0.2, 0) is 21.4 Å². The maximum Gasteiger partial charge on any atom is 0.248 e. The Morgan fingerprint density at radius 2 is 1.81 bits per heavy atom. The van der Waals surface area contributed by atoms with Crippen molar-refractivity contribution in [3.63, 3.8) is 0 Å². The molecule has 9 heteroatoms. The third-order valence-electron chi connectivity index (χ3n) is 7.58. The van der Waals surface area contributed by atoms with Crippen molar-refractivity contribution in [3.05, 3.63) is 59.3 Å². The van der Waals surface area contributed by atoms with E-state index in [0.717, 1.165) is 17.7 Å². The van der Waals surface area contributed by atoms with E-state index < -0.39 is 48.2 Å². The van der Waals surface area contributed by atoms with E-state index in [1.54, 1.807) is 30.3 Å². The van der Waals surface area contributed by atoms with Gasteiger partial charge in [0.2, 0.25) is 17.7 Å². The summed E-state index contributed by atoms with van der Waals surface area (Å²) in [6.07, 6.45) is 1.97. The molecular weight excluding hydrogens is 471 g/mol. The summed E-state index contributed by atoms with van der Waals surface area (Å²) < 4.78 is 48.1. The van der Waals surface area contributed by atoms with Crippen LogP contribution in [0.4, 0.5) is 19.0 Å². The van der Waals surface area contributed by atoms with Gasteiger partial charge in [0.1, 0.15) is 23.8 Å². The molecule has 2 atom stereocenters. The fourth-order valence-corrected chi connectivity index (χ4v) is 5.51. The van der Waals surface area contributed by atoms with Gasteiger partial charge in [-0.15, -0.1) is 0 Å². The molecule has 6 nitrogen and oxygen atoms in total. The molecule has 0 spiro atoms. The van der Waals surface area contributed by atoms with Crippen LogP contribution < -0.4 is 10.1 Å². The van der Waals surface area contributed by atoms with Gasteiger partial charge in [0.05, 0.1) is 24.8 Å². The van der Waals surface area contributed by atoms with Crippen molar-refractivity contribution in [2.45, 2.75) is 62.1 Å². The monoisotopic (exact) mass is 499 g/mol. The molecule has 1 aliphatic heterocycles. The summed E-state index contributed by atoms with van der Waals surface area (Å²) in [6, 6.07) is 9.24. The number of aromatic nitrogens is 1. The molecule has 2 aliphatic carbocycles. The molecule has 2 amide bonds. The average molecular weight is 500 g/mol. The molecule has 2 heterocycles. The number of carbonyl (C=O) groups is 2. The highest BCUT2D eigenvalue weighted by Crippen LogP contribution is 2.47. The van der Waals surface area contributed by atoms with E-state index in [-0.39, 0.29) is 25.8 Å². The largest absolute Gasteiger partial charge is 0.497 e. The number of hydrogen-bond acceptors (Lipinski definition) is 4. The van der Waals surface area contributed by atoms with Crippen LogP contribution in [0.25, 0.3) is 6.08 Å². The van der Waals surface area contributed by atoms with Crippen LogP contribution in [0.15, 0.2) is 42.5 Å². The molecule has 36 heavy (non-hydrogen) atoms. The number of benzene rings is 1. The number of fused-ring (bicyclic) bond motifs is 1. The van der Waals surface area contributed by atoms with E-state index in [1.165, 1.54) is 12.0 Å². The van der Waals surface area contributed by atoms with Gasteiger partial charge >= 0.3 is 0 Å². The Labute approximate surface area is 207 Å². The number of amides is 2. The molecule has 1 saturated heterocycles. The van der Waals surface area contributed by atoms with E-state index in [1.807, 2.05) is 18.2 Å². The number of methoxy groups -OCH3 is 1. The number of halogens is 3. The van der Waals surface area contributed by atoms with E-state index in [9.17, 15) is 22.8 Å². The Morgan fingerprint density at radius 3 is 2.50 bits per heavy atom. The third kappa shape index (κ3) is 4.47. The van der Waals surface area contributed by atoms with Crippen LogP contribution in [-0.4, -0.2) is 53.5 Å². The maximum absolute atomic E-state index is 14.6. The van der Waals surface area contributed by atoms with Crippen LogP contribution >= 0.6 is 0 Å². The molecule has 0 unspecified atom stereocenters. The summed E-state index contributed by atoms with van der Waals surface area (Å²) in [5, 5.41) is 2.72. The molecular formula is C27H28F3N3O3. The normalized spacial score (nSPS) is 23.8. The van der Waals surface area contributed by atoms with Crippen molar-refractivity contribution in [2.75, 3.05) is 19.0 Å². The smallest absolute Gasteiger partial charge is 0.248 e. The molecule has 2 aromatic rings. The van der Waals surface area contributed by atoms with Crippen molar-refractivity contribution in [1.82, 2.24) is 9.88 Å². The fourth-order valence-electron chi connectivity index (χ4n) is 5.51. The Morgan fingerprint density at radius 1 is 1.08 bits per heavy atom. The number of nitrogens with one attached hydrogen (secondary N) is 1. The zero-order valence-electron chi connectivity index (χ0n) is 20.0. The molecule has 2 fully saturated rings. The summed E-state index contributed by atoms with van der Waals surface area (Å²) in [4.78, 5) is 32.9. The van der Waals surface area contributed by atoms with Gasteiger partial charge in [-0.05, 0) is 54.7 Å². The number of carbonyl (C=O) groups excluding carboxylic acids is 2. The zero-order valence-corrected chi connectivity index (χ0v) is 20.0. The number of rotatable bonds is 5. The Hall–Kier alpha value is -3.36. The number of anilines is 1. The molecule has 5 rings (SSSR count). The highest BCUT2D eigenvalue weighted by atomic mass is 19.3. The highest BCUT2D eigenvalue weighted by Gasteiger charge is 2.53. The Bertz CT molecular complexity index is 1190. The number of alkyl halides is 3. The highest BCUT2D eigenvalue weighted by molar-refractivity contribution is 5.99. The molecule has 1 aromatic carbocycles. The van der Waals surface area contributed by atoms with Crippen LogP contribution in [0, 0.1) is 0 Å². The van der Waals surface area contributed by atoms with Gasteiger partial charge in [0, 0.05) is 19.3 Å². The first-order chi connectivity index (χ1) is 17.2. The SMILES string of the molecule is COc1ccc(C2(C(=O)N3C[C@H](F)C[C@@H]3C(=O)Nc3ccc4c(n3)C=CC4)CCC(F)(F)CC2)cc1. The standard InChI is InChI=1S/C27H28F3N3O3/c1-36-20-8-6-18(7-9-20)26(11-13-27(29,30)14-12-26)25(35)33-16-19(28)15-22(33)24(34)32-23-10-5-17-3-2-4-21(17)31-23/h2,4-10,19,22H,3,11-16H2,1H3,(H,31,32,34)/t19-,22-/m1/s1. The summed E-state index contributed by atoms with van der Waals surface area (Å²) in [5.74, 6) is -3.00. The van der Waals surface area contributed by atoms with Crippen molar-refractivity contribution >= 4 is 23.7 Å². The van der Waals surface area contributed by atoms with Crippen molar-refractivity contribution in [3.8, 4) is 5.75 Å². The lowest BCUT2D eigenvalue weighted by molar-refractivity contribution is -0.146. The molecule has 0 radical (unpaired) electrons. The lowest BCUT2D eigenvalue weighted by atomic mass is 9.67. The van der Waals surface area contributed by atoms with E-state index >= 15 is 0 Å². The Kier molecular flexibility index (Phi) is 6.26. The quantitative estimate of drug-likeness (QED) is 0.648. The molecule has 3 aliphatic rings. The van der Waals surface area contributed by atoms with Gasteiger partial charge < -0.3 is 15.0 Å². The number of nitrogens with zero attached hydrogens (tertiary/aromatic N) is 2. The summed E-state index contributed by atoms with van der Waals surface area (Å²) >= 11 is 0. The van der Waals surface area contributed by atoms with Gasteiger partial charge in [-0.1, -0.05) is 24.3 Å². The molecule has 190 valence electrons. The molecule has 1 saturated carbocycles. The first-order valence-corrected chi connectivity index (χ1v) is 12.2. The molecule has 1 N–H and O–H groups in total. The average Bonchev–Trinajstić information content (AvgIpc) is 3.50. The summed E-state index contributed by atoms with van der Waals surface area (Å²) in [7, 11) is 1.51. The first-order valence-electron chi connectivity index (χ1n) is 12.2. The second kappa shape index (κ2) is 9.26. The van der Waals surface area contributed by atoms with Crippen molar-refractivity contribution < 1.29 is 27.5 Å². The lowest BCUT2D eigenvalue weighted by Gasteiger charge is -2.42. The second-order valence-corrected chi connectivity index (χ2v) is 9.81. The van der Waals surface area contributed by atoms with Crippen LogP contribution in [0.3, 0.4) is 0 Å². The zero-order chi connectivity index (χ0) is 25.5. The van der Waals surface area contributed by atoms with E-state index in [2.05, 4.69) is 10.3 Å². The third-order valence-corrected chi connectivity index (χ3v) is 7.58. The lowest BCUT2D eigenvalue weighted by Crippen LogP contribution is -2.54. The predicted molar refractivity (Wildman–Crippen MR) is 129 cm³/mol. The van der Waals surface area contributed by atoms with Gasteiger partial charge in [-0.25, -0.2) is 18.2 Å². The number of pyridine rings is 1. The fraction of sp³-hybridized carbons (Fsp3) is 0.444. The number of ether oxygens (including phenoxy) is 1. The topological polar surface area (TPSA) is 71.5 Å². The van der Waals surface area contributed by atoms with Gasteiger partial charge in [-0.2, -0.15) is 0 Å². The number of hydrogen-bond donors (Lipinski definition) is 1. The molecule has 1 aromatic heterocycles. The van der Waals surface area contributed by atoms with Gasteiger partial charge in [-0.3, -0.25) is 9.59 Å². The van der Waals surface area contributed by atoms with Crippen LogP contribution in [0.1, 0.15) is 48.9 Å². The Balaban J connectivity index is 1.42. The van der Waals surface area contributed by atoms with Crippen LogP contribution in [0.5, 0.6) is 5.75 Å².